The van der Waals surface area contributed by atoms with Gasteiger partial charge in [0.15, 0.2) is 6.61 Å². The zero-order valence-corrected chi connectivity index (χ0v) is 20.2. The fraction of sp³-hybridized carbons (Fsp3) is 0.308. The van der Waals surface area contributed by atoms with Crippen molar-refractivity contribution < 1.29 is 27.8 Å². The number of hydrogen-bond donors (Lipinski definition) is 1. The monoisotopic (exact) mass is 491 g/mol. The molecule has 182 valence electrons. The molecule has 0 saturated heterocycles. The zero-order valence-electron chi connectivity index (χ0n) is 19.4. The van der Waals surface area contributed by atoms with Crippen molar-refractivity contribution in [3.63, 3.8) is 0 Å². The maximum atomic E-state index is 12.7. The summed E-state index contributed by atoms with van der Waals surface area (Å²) in [6.07, 6.45) is -1.73. The molecule has 0 aliphatic rings. The van der Waals surface area contributed by atoms with E-state index in [4.69, 9.17) is 9.84 Å². The second kappa shape index (κ2) is 13.0. The minimum atomic E-state index is -4.36. The highest BCUT2D eigenvalue weighted by atomic mass is 32.2. The number of nitrogens with zero attached hydrogens (tertiary/aromatic N) is 1. The molecule has 0 aliphatic heterocycles. The van der Waals surface area contributed by atoms with Crippen LogP contribution in [0.15, 0.2) is 65.6 Å². The highest BCUT2D eigenvalue weighted by molar-refractivity contribution is 7.98. The van der Waals surface area contributed by atoms with Gasteiger partial charge in [-0.05, 0) is 55.0 Å². The van der Waals surface area contributed by atoms with Crippen LogP contribution in [0.25, 0.3) is 11.3 Å². The Morgan fingerprint density at radius 3 is 2.26 bits per heavy atom. The maximum absolute atomic E-state index is 12.7. The van der Waals surface area contributed by atoms with Crippen molar-refractivity contribution in [1.29, 1.82) is 0 Å². The van der Waals surface area contributed by atoms with Crippen molar-refractivity contribution in [1.82, 2.24) is 4.98 Å². The van der Waals surface area contributed by atoms with Crippen molar-refractivity contribution in [2.75, 3.05) is 6.61 Å². The van der Waals surface area contributed by atoms with E-state index in [9.17, 15) is 18.0 Å². The third-order valence-corrected chi connectivity index (χ3v) is 5.73. The summed E-state index contributed by atoms with van der Waals surface area (Å²) in [5.41, 5.74) is 2.15. The number of thioether (sulfide) groups is 1. The maximum Gasteiger partial charge on any atom is 0.416 e. The molecule has 0 amide bonds. The number of halogens is 3. The lowest BCUT2D eigenvalue weighted by Gasteiger charge is -2.10. The molecule has 0 aliphatic carbocycles. The van der Waals surface area contributed by atoms with Crippen molar-refractivity contribution >= 4 is 17.7 Å². The van der Waals surface area contributed by atoms with Crippen LogP contribution in [-0.2, 0) is 16.7 Å². The van der Waals surface area contributed by atoms with E-state index in [1.807, 2.05) is 31.2 Å². The number of benzene rings is 2. The number of carboxylic acids is 1. The van der Waals surface area contributed by atoms with Crippen LogP contribution in [0.2, 0.25) is 0 Å². The van der Waals surface area contributed by atoms with Gasteiger partial charge in [0.2, 0.25) is 0 Å². The third-order valence-electron chi connectivity index (χ3n) is 4.70. The van der Waals surface area contributed by atoms with Gasteiger partial charge in [0, 0.05) is 16.2 Å². The van der Waals surface area contributed by atoms with Crippen LogP contribution in [0.1, 0.15) is 43.5 Å². The normalized spacial score (nSPS) is 10.9. The van der Waals surface area contributed by atoms with E-state index >= 15 is 0 Å². The summed E-state index contributed by atoms with van der Waals surface area (Å²) in [6, 6.07) is 15.9. The number of carbonyl (C=O) groups is 1. The smallest absolute Gasteiger partial charge is 0.416 e. The average molecular weight is 492 g/mol. The molecule has 4 nitrogen and oxygen atoms in total. The number of alkyl halides is 3. The second-order valence-corrected chi connectivity index (χ2v) is 8.54. The number of hydrogen-bond acceptors (Lipinski definition) is 4. The van der Waals surface area contributed by atoms with Gasteiger partial charge in [-0.15, -0.1) is 11.8 Å². The van der Waals surface area contributed by atoms with Gasteiger partial charge in [0.25, 0.3) is 0 Å². The lowest BCUT2D eigenvalue weighted by Crippen LogP contribution is -2.09. The quantitative estimate of drug-likeness (QED) is 0.328. The Kier molecular flexibility index (Phi) is 10.4. The van der Waals surface area contributed by atoms with Crippen molar-refractivity contribution in [3.8, 4) is 17.0 Å². The minimum Gasteiger partial charge on any atom is -0.482 e. The summed E-state index contributed by atoms with van der Waals surface area (Å²) >= 11 is 1.55. The number of aromatic nitrogens is 1. The molecule has 0 bridgehead atoms. The molecule has 2 aromatic carbocycles. The number of pyridine rings is 1. The summed E-state index contributed by atoms with van der Waals surface area (Å²) in [5.74, 6) is 0.0551. The number of aryl methyl sites for hydroxylation is 1. The van der Waals surface area contributed by atoms with Crippen molar-refractivity contribution in [2.24, 2.45) is 0 Å². The highest BCUT2D eigenvalue weighted by Gasteiger charge is 2.30. The summed E-state index contributed by atoms with van der Waals surface area (Å²) in [4.78, 5) is 16.1. The van der Waals surface area contributed by atoms with Crippen LogP contribution in [0, 0.1) is 6.92 Å². The molecule has 0 radical (unpaired) electrons. The highest BCUT2D eigenvalue weighted by Crippen LogP contribution is 2.31. The molecule has 0 spiro atoms. The van der Waals surface area contributed by atoms with Gasteiger partial charge >= 0.3 is 12.1 Å². The molecule has 8 heteroatoms. The minimum absolute atomic E-state index is 0.395. The summed E-state index contributed by atoms with van der Waals surface area (Å²) in [5, 5.41) is 8.70. The Hall–Kier alpha value is -3.00. The molecule has 0 fully saturated rings. The number of carboxylic acid groups (broad SMARTS) is 1. The fourth-order valence-corrected chi connectivity index (χ4v) is 3.62. The Morgan fingerprint density at radius 1 is 1.03 bits per heavy atom. The Labute approximate surface area is 202 Å². The van der Waals surface area contributed by atoms with Crippen LogP contribution in [-0.4, -0.2) is 22.7 Å². The first kappa shape index (κ1) is 27.2. The predicted molar refractivity (Wildman–Crippen MR) is 129 cm³/mol. The Bertz CT molecular complexity index is 1070. The molecule has 1 aromatic heterocycles. The van der Waals surface area contributed by atoms with Gasteiger partial charge in [0.1, 0.15) is 5.75 Å². The number of rotatable bonds is 8. The molecule has 1 N–H and O–H groups in total. The molecule has 3 aromatic rings. The Morgan fingerprint density at radius 2 is 1.71 bits per heavy atom. The first-order valence-corrected chi connectivity index (χ1v) is 11.8. The van der Waals surface area contributed by atoms with Gasteiger partial charge < -0.3 is 9.84 Å². The molecule has 0 atom stereocenters. The second-order valence-electron chi connectivity index (χ2n) is 7.49. The SMILES string of the molecule is CCCC.Cc1cc(SCc2cccc(-c3ccc(C(F)(F)F)cc3)n2)ccc1OCC(=O)O. The molecular weight excluding hydrogens is 463 g/mol. The van der Waals surface area contributed by atoms with Crippen LogP contribution < -0.4 is 4.74 Å². The van der Waals surface area contributed by atoms with Gasteiger partial charge in [-0.2, -0.15) is 13.2 Å². The molecule has 1 heterocycles. The molecule has 34 heavy (non-hydrogen) atoms. The van der Waals surface area contributed by atoms with Crippen LogP contribution in [0.5, 0.6) is 5.75 Å². The number of unbranched alkanes of at least 4 members (excludes halogenated alkanes) is 1. The van der Waals surface area contributed by atoms with Gasteiger partial charge in [0.05, 0.1) is 17.0 Å². The first-order chi connectivity index (χ1) is 16.1. The molecule has 0 saturated carbocycles. The van der Waals surface area contributed by atoms with Crippen LogP contribution in [0.4, 0.5) is 13.2 Å². The van der Waals surface area contributed by atoms with E-state index < -0.39 is 24.3 Å². The van der Waals surface area contributed by atoms with E-state index in [1.54, 1.807) is 23.9 Å². The van der Waals surface area contributed by atoms with E-state index in [1.165, 1.54) is 25.0 Å². The third kappa shape index (κ3) is 8.74. The van der Waals surface area contributed by atoms with E-state index in [0.29, 0.717) is 22.8 Å². The van der Waals surface area contributed by atoms with Gasteiger partial charge in [-0.3, -0.25) is 4.98 Å². The summed E-state index contributed by atoms with van der Waals surface area (Å²) in [7, 11) is 0. The van der Waals surface area contributed by atoms with Gasteiger partial charge in [-0.1, -0.05) is 44.9 Å². The topological polar surface area (TPSA) is 59.4 Å². The average Bonchev–Trinajstić information content (AvgIpc) is 2.82. The number of ether oxygens (including phenoxy) is 1. The molecule has 0 unspecified atom stereocenters. The van der Waals surface area contributed by atoms with Gasteiger partial charge in [-0.25, -0.2) is 4.79 Å². The van der Waals surface area contributed by atoms with Crippen LogP contribution in [0.3, 0.4) is 0 Å². The molecule has 3 rings (SSSR count). The Balaban J connectivity index is 0.000000945. The largest absolute Gasteiger partial charge is 0.482 e. The van der Waals surface area contributed by atoms with E-state index in [2.05, 4.69) is 18.8 Å². The summed E-state index contributed by atoms with van der Waals surface area (Å²) in [6.45, 7) is 5.80. The van der Waals surface area contributed by atoms with E-state index in [-0.39, 0.29) is 0 Å². The van der Waals surface area contributed by atoms with E-state index in [0.717, 1.165) is 28.3 Å². The molecular formula is C26H28F3NO3S. The van der Waals surface area contributed by atoms with Crippen molar-refractivity contribution in [3.05, 3.63) is 77.5 Å². The fourth-order valence-electron chi connectivity index (χ4n) is 2.72. The first-order valence-electron chi connectivity index (χ1n) is 10.9. The van der Waals surface area contributed by atoms with Crippen LogP contribution >= 0.6 is 11.8 Å². The number of aliphatic carboxylic acids is 1. The lowest BCUT2D eigenvalue weighted by molar-refractivity contribution is -0.139. The van der Waals surface area contributed by atoms with Crippen molar-refractivity contribution in [2.45, 2.75) is 50.4 Å². The lowest BCUT2D eigenvalue weighted by atomic mass is 10.1. The summed E-state index contributed by atoms with van der Waals surface area (Å²) < 4.78 is 43.4. The predicted octanol–water partition coefficient (Wildman–Crippen LogP) is 7.64. The standard InChI is InChI=1S/C22H18F3NO3S.C4H10/c1-14-11-18(9-10-20(14)29-12-21(27)28)30-13-17-3-2-4-19(26-17)15-5-7-16(8-6-15)22(23,24)25;1-3-4-2/h2-11H,12-13H2,1H3,(H,27,28);3-4H2,1-2H3. The zero-order chi connectivity index (χ0) is 25.1.